The zero-order valence-electron chi connectivity index (χ0n) is 10.8. The molecule has 0 aliphatic carbocycles. The normalized spacial score (nSPS) is 10.5. The smallest absolute Gasteiger partial charge is 0.241 e. The molecular formula is C11H18ClN3O2S. The Morgan fingerprint density at radius 3 is 2.61 bits per heavy atom. The van der Waals surface area contributed by atoms with Gasteiger partial charge in [-0.1, -0.05) is 29.9 Å². The zero-order valence-corrected chi connectivity index (χ0v) is 12.4. The third kappa shape index (κ3) is 3.83. The van der Waals surface area contributed by atoms with Crippen molar-refractivity contribution in [3.05, 3.63) is 10.0 Å². The number of thiazole rings is 1. The number of amides is 1. The van der Waals surface area contributed by atoms with E-state index in [4.69, 9.17) is 16.7 Å². The topological polar surface area (TPSA) is 56.7 Å². The standard InChI is InChI=1S/C11H18ClN3O2S/c1-4-5-15(6-9(17)14(2)3)11-13-10(12)8(7-16)18-11/h16H,4-7H2,1-3H3. The zero-order chi connectivity index (χ0) is 13.7. The molecule has 0 spiro atoms. The SMILES string of the molecule is CCCN(CC(=O)N(C)C)c1nc(Cl)c(CO)s1. The van der Waals surface area contributed by atoms with Crippen molar-refractivity contribution in [1.29, 1.82) is 0 Å². The first-order valence-electron chi connectivity index (χ1n) is 5.70. The lowest BCUT2D eigenvalue weighted by atomic mass is 10.4. The van der Waals surface area contributed by atoms with E-state index in [9.17, 15) is 4.79 Å². The Bertz CT molecular complexity index is 409. The average molecular weight is 292 g/mol. The highest BCUT2D eigenvalue weighted by Crippen LogP contribution is 2.29. The van der Waals surface area contributed by atoms with Gasteiger partial charge in [0.05, 0.1) is 18.0 Å². The summed E-state index contributed by atoms with van der Waals surface area (Å²) in [6, 6.07) is 0. The Morgan fingerprint density at radius 2 is 2.17 bits per heavy atom. The number of nitrogens with zero attached hydrogens (tertiary/aromatic N) is 3. The van der Waals surface area contributed by atoms with Crippen LogP contribution in [0.5, 0.6) is 0 Å². The molecule has 5 nitrogen and oxygen atoms in total. The summed E-state index contributed by atoms with van der Waals surface area (Å²) in [5.41, 5.74) is 0. The van der Waals surface area contributed by atoms with E-state index in [2.05, 4.69) is 4.98 Å². The number of aliphatic hydroxyl groups excluding tert-OH is 1. The molecule has 0 radical (unpaired) electrons. The number of likely N-dealkylation sites (N-methyl/N-ethyl adjacent to an activating group) is 1. The molecule has 1 heterocycles. The van der Waals surface area contributed by atoms with Crippen LogP contribution in [0.3, 0.4) is 0 Å². The molecule has 1 aromatic heterocycles. The molecule has 0 saturated heterocycles. The molecule has 0 bridgehead atoms. The molecular weight excluding hydrogens is 274 g/mol. The van der Waals surface area contributed by atoms with Gasteiger partial charge in [0, 0.05) is 20.6 Å². The van der Waals surface area contributed by atoms with Gasteiger partial charge in [0.25, 0.3) is 0 Å². The van der Waals surface area contributed by atoms with E-state index in [-0.39, 0.29) is 19.1 Å². The fraction of sp³-hybridized carbons (Fsp3) is 0.636. The van der Waals surface area contributed by atoms with Crippen LogP contribution < -0.4 is 4.90 Å². The predicted octanol–water partition coefficient (Wildman–Crippen LogP) is 1.59. The van der Waals surface area contributed by atoms with Gasteiger partial charge in [0.2, 0.25) is 5.91 Å². The molecule has 0 saturated carbocycles. The van der Waals surface area contributed by atoms with Crippen LogP contribution in [0.25, 0.3) is 0 Å². The van der Waals surface area contributed by atoms with Gasteiger partial charge in [-0.15, -0.1) is 0 Å². The number of hydrogen-bond acceptors (Lipinski definition) is 5. The molecule has 1 aromatic rings. The number of rotatable bonds is 6. The Kier molecular flexibility index (Phi) is 5.84. The maximum atomic E-state index is 11.7. The number of aliphatic hydroxyl groups is 1. The fourth-order valence-corrected chi connectivity index (χ4v) is 2.51. The third-order valence-electron chi connectivity index (χ3n) is 2.37. The van der Waals surface area contributed by atoms with Gasteiger partial charge in [-0.25, -0.2) is 4.98 Å². The minimum absolute atomic E-state index is 0.0142. The van der Waals surface area contributed by atoms with E-state index in [1.807, 2.05) is 11.8 Å². The van der Waals surface area contributed by atoms with Crippen molar-refractivity contribution in [2.24, 2.45) is 0 Å². The largest absolute Gasteiger partial charge is 0.391 e. The predicted molar refractivity (Wildman–Crippen MR) is 74.2 cm³/mol. The van der Waals surface area contributed by atoms with Crippen molar-refractivity contribution in [2.45, 2.75) is 20.0 Å². The van der Waals surface area contributed by atoms with Crippen LogP contribution in [0.2, 0.25) is 5.15 Å². The van der Waals surface area contributed by atoms with E-state index in [1.54, 1.807) is 19.0 Å². The van der Waals surface area contributed by atoms with E-state index < -0.39 is 0 Å². The van der Waals surface area contributed by atoms with Crippen molar-refractivity contribution in [3.63, 3.8) is 0 Å². The highest BCUT2D eigenvalue weighted by Gasteiger charge is 2.17. The average Bonchev–Trinajstić information content (AvgIpc) is 2.69. The molecule has 7 heteroatoms. The number of carbonyl (C=O) groups excluding carboxylic acids is 1. The Hall–Kier alpha value is -0.850. The van der Waals surface area contributed by atoms with Crippen molar-refractivity contribution >= 4 is 34.0 Å². The maximum absolute atomic E-state index is 11.7. The number of aromatic nitrogens is 1. The summed E-state index contributed by atoms with van der Waals surface area (Å²) in [6.07, 6.45) is 0.909. The minimum Gasteiger partial charge on any atom is -0.391 e. The van der Waals surface area contributed by atoms with Crippen molar-refractivity contribution in [2.75, 3.05) is 32.1 Å². The lowest BCUT2D eigenvalue weighted by Crippen LogP contribution is -2.37. The lowest BCUT2D eigenvalue weighted by Gasteiger charge is -2.22. The second-order valence-corrected chi connectivity index (χ2v) is 5.50. The highest BCUT2D eigenvalue weighted by atomic mass is 35.5. The van der Waals surface area contributed by atoms with Crippen LogP contribution in [-0.2, 0) is 11.4 Å². The van der Waals surface area contributed by atoms with Gasteiger partial charge < -0.3 is 14.9 Å². The molecule has 0 fully saturated rings. The highest BCUT2D eigenvalue weighted by molar-refractivity contribution is 7.16. The summed E-state index contributed by atoms with van der Waals surface area (Å²) in [7, 11) is 3.45. The van der Waals surface area contributed by atoms with Gasteiger partial charge in [-0.2, -0.15) is 0 Å². The molecule has 102 valence electrons. The van der Waals surface area contributed by atoms with Crippen molar-refractivity contribution < 1.29 is 9.90 Å². The maximum Gasteiger partial charge on any atom is 0.241 e. The first-order valence-corrected chi connectivity index (χ1v) is 6.90. The lowest BCUT2D eigenvalue weighted by molar-refractivity contribution is -0.127. The molecule has 0 atom stereocenters. The minimum atomic E-state index is -0.127. The summed E-state index contributed by atoms with van der Waals surface area (Å²) >= 11 is 7.23. The Morgan fingerprint density at radius 1 is 1.50 bits per heavy atom. The molecule has 0 aliphatic rings. The van der Waals surface area contributed by atoms with Gasteiger partial charge in [0.1, 0.15) is 5.15 Å². The van der Waals surface area contributed by atoms with Crippen LogP contribution in [0.4, 0.5) is 5.13 Å². The molecule has 1 amide bonds. The van der Waals surface area contributed by atoms with Crippen LogP contribution in [0.15, 0.2) is 0 Å². The second-order valence-electron chi connectivity index (χ2n) is 4.08. The molecule has 18 heavy (non-hydrogen) atoms. The first-order chi connectivity index (χ1) is 8.49. The molecule has 1 rings (SSSR count). The number of carbonyl (C=O) groups is 1. The monoisotopic (exact) mass is 291 g/mol. The summed E-state index contributed by atoms with van der Waals surface area (Å²) in [5.74, 6) is 0.0142. The van der Waals surface area contributed by atoms with Crippen LogP contribution >= 0.6 is 22.9 Å². The quantitative estimate of drug-likeness (QED) is 0.865. The summed E-state index contributed by atoms with van der Waals surface area (Å²) in [6.45, 7) is 2.91. The van der Waals surface area contributed by atoms with E-state index in [0.29, 0.717) is 15.2 Å². The molecule has 0 aliphatic heterocycles. The van der Waals surface area contributed by atoms with E-state index in [0.717, 1.165) is 13.0 Å². The van der Waals surface area contributed by atoms with Crippen molar-refractivity contribution in [1.82, 2.24) is 9.88 Å². The molecule has 0 aromatic carbocycles. The number of anilines is 1. The van der Waals surface area contributed by atoms with Gasteiger partial charge in [0.15, 0.2) is 5.13 Å². The van der Waals surface area contributed by atoms with Gasteiger partial charge in [-0.3, -0.25) is 4.79 Å². The van der Waals surface area contributed by atoms with Crippen LogP contribution in [0, 0.1) is 0 Å². The number of hydrogen-bond donors (Lipinski definition) is 1. The van der Waals surface area contributed by atoms with E-state index in [1.165, 1.54) is 11.3 Å². The van der Waals surface area contributed by atoms with Crippen LogP contribution in [-0.4, -0.2) is 48.1 Å². The fourth-order valence-electron chi connectivity index (χ4n) is 1.37. The van der Waals surface area contributed by atoms with Crippen LogP contribution in [0.1, 0.15) is 18.2 Å². The first kappa shape index (κ1) is 15.2. The Balaban J connectivity index is 2.86. The third-order valence-corrected chi connectivity index (χ3v) is 3.90. The summed E-state index contributed by atoms with van der Waals surface area (Å²) in [4.78, 5) is 20.0. The summed E-state index contributed by atoms with van der Waals surface area (Å²) in [5, 5.41) is 10.1. The second kappa shape index (κ2) is 6.92. The molecule has 0 unspecified atom stereocenters. The summed E-state index contributed by atoms with van der Waals surface area (Å²) < 4.78 is 0. The molecule has 1 N–H and O–H groups in total. The van der Waals surface area contributed by atoms with Gasteiger partial charge in [-0.05, 0) is 6.42 Å². The van der Waals surface area contributed by atoms with Gasteiger partial charge >= 0.3 is 0 Å². The number of halogens is 1. The van der Waals surface area contributed by atoms with E-state index >= 15 is 0 Å². The Labute approximate surface area is 116 Å². The van der Waals surface area contributed by atoms with Crippen molar-refractivity contribution in [3.8, 4) is 0 Å².